The van der Waals surface area contributed by atoms with Crippen LogP contribution in [0.2, 0.25) is 38.3 Å². The fourth-order valence-corrected chi connectivity index (χ4v) is 7.51. The molecule has 3 heteroatoms. The summed E-state index contributed by atoms with van der Waals surface area (Å²) in [5, 5.41) is 0. The van der Waals surface area contributed by atoms with Crippen molar-refractivity contribution in [3.05, 3.63) is 0 Å². The largest absolute Gasteiger partial charge is 0.417 e. The molecule has 0 aromatic rings. The van der Waals surface area contributed by atoms with Gasteiger partial charge in [-0.3, -0.25) is 0 Å². The summed E-state index contributed by atoms with van der Waals surface area (Å²) >= 11 is 0. The van der Waals surface area contributed by atoms with Gasteiger partial charge in [-0.1, -0.05) is 46.8 Å². The van der Waals surface area contributed by atoms with E-state index in [4.69, 9.17) is 4.43 Å². The van der Waals surface area contributed by atoms with E-state index in [0.717, 1.165) is 5.54 Å². The summed E-state index contributed by atoms with van der Waals surface area (Å²) in [7, 11) is -2.61. The molecule has 0 spiro atoms. The van der Waals surface area contributed by atoms with E-state index < -0.39 is 16.4 Å². The maximum absolute atomic E-state index is 6.50. The Morgan fingerprint density at radius 3 is 1.67 bits per heavy atom. The van der Waals surface area contributed by atoms with Crippen molar-refractivity contribution in [1.82, 2.24) is 0 Å². The Balaban J connectivity index is 4.54. The highest BCUT2D eigenvalue weighted by Crippen LogP contribution is 2.29. The molecule has 0 aliphatic rings. The summed E-state index contributed by atoms with van der Waals surface area (Å²) in [5.74, 6) is 0. The highest BCUT2D eigenvalue weighted by atomic mass is 28.4. The number of rotatable bonds is 6. The molecule has 2 unspecified atom stereocenters. The van der Waals surface area contributed by atoms with E-state index in [2.05, 4.69) is 53.5 Å². The van der Waals surface area contributed by atoms with E-state index in [1.165, 1.54) is 12.8 Å². The Hall–Kier alpha value is 0.394. The van der Waals surface area contributed by atoms with E-state index in [0.29, 0.717) is 5.73 Å². The molecule has 0 aromatic carbocycles. The third-order valence-electron chi connectivity index (χ3n) is 3.58. The first kappa shape index (κ1) is 15.4. The van der Waals surface area contributed by atoms with Crippen LogP contribution in [0.25, 0.3) is 0 Å². The lowest BCUT2D eigenvalue weighted by atomic mass is 10.4. The summed E-state index contributed by atoms with van der Waals surface area (Å²) in [6, 6.07) is 0. The van der Waals surface area contributed by atoms with Crippen LogP contribution in [0.3, 0.4) is 0 Å². The Morgan fingerprint density at radius 1 is 0.933 bits per heavy atom. The average Bonchev–Trinajstić information content (AvgIpc) is 2.10. The highest BCUT2D eigenvalue weighted by Gasteiger charge is 2.36. The van der Waals surface area contributed by atoms with Crippen molar-refractivity contribution in [3.8, 4) is 0 Å². The second-order valence-corrected chi connectivity index (χ2v) is 16.1. The first-order chi connectivity index (χ1) is 6.65. The van der Waals surface area contributed by atoms with Gasteiger partial charge in [-0.05, 0) is 25.1 Å². The molecule has 0 saturated carbocycles. The maximum Gasteiger partial charge on any atom is 0.189 e. The van der Waals surface area contributed by atoms with Gasteiger partial charge in [-0.25, -0.2) is 0 Å². The third-order valence-corrected chi connectivity index (χ3v) is 9.95. The van der Waals surface area contributed by atoms with Gasteiger partial charge < -0.3 is 4.43 Å². The van der Waals surface area contributed by atoms with Crippen molar-refractivity contribution in [1.29, 1.82) is 0 Å². The van der Waals surface area contributed by atoms with Crippen molar-refractivity contribution in [2.75, 3.05) is 0 Å². The van der Waals surface area contributed by atoms with Crippen LogP contribution in [0.1, 0.15) is 33.6 Å². The van der Waals surface area contributed by atoms with Gasteiger partial charge in [0.05, 0.1) is 8.07 Å². The molecule has 0 saturated heterocycles. The zero-order chi connectivity index (χ0) is 12.3. The molecule has 0 aromatic heterocycles. The van der Waals surface area contributed by atoms with Crippen molar-refractivity contribution in [2.45, 2.75) is 77.6 Å². The smallest absolute Gasteiger partial charge is 0.189 e. The highest BCUT2D eigenvalue weighted by molar-refractivity contribution is 6.79. The van der Waals surface area contributed by atoms with E-state index >= 15 is 0 Å². The lowest BCUT2D eigenvalue weighted by Gasteiger charge is -2.38. The quantitative estimate of drug-likeness (QED) is 0.619. The molecule has 0 amide bonds. The molecule has 2 atom stereocenters. The zero-order valence-corrected chi connectivity index (χ0v) is 14.0. The second-order valence-electron chi connectivity index (χ2n) is 6.29. The maximum atomic E-state index is 6.50. The van der Waals surface area contributed by atoms with Crippen LogP contribution < -0.4 is 0 Å². The summed E-state index contributed by atoms with van der Waals surface area (Å²) in [4.78, 5) is 0. The van der Waals surface area contributed by atoms with Gasteiger partial charge >= 0.3 is 0 Å². The Bertz CT molecular complexity index is 185. The fraction of sp³-hybridized carbons (Fsp3) is 1.00. The predicted octanol–water partition coefficient (Wildman–Crippen LogP) is 4.66. The van der Waals surface area contributed by atoms with Crippen molar-refractivity contribution in [2.24, 2.45) is 0 Å². The fourth-order valence-electron chi connectivity index (χ4n) is 1.85. The lowest BCUT2D eigenvalue weighted by molar-refractivity contribution is 0.247. The summed E-state index contributed by atoms with van der Waals surface area (Å²) in [6.07, 6.45) is 2.43. The Morgan fingerprint density at radius 2 is 1.40 bits per heavy atom. The molecule has 92 valence electrons. The van der Waals surface area contributed by atoms with E-state index in [-0.39, 0.29) is 0 Å². The standard InChI is InChI=1S/C12H30OSi2/c1-9-11(3)15(7,8)13-12(10-2)14(4,5)6/h11-12H,9-10H2,1-8H3. The minimum absolute atomic E-state index is 0.549. The average molecular weight is 247 g/mol. The molecular weight excluding hydrogens is 216 g/mol. The van der Waals surface area contributed by atoms with Crippen molar-refractivity contribution in [3.63, 3.8) is 0 Å². The molecule has 15 heavy (non-hydrogen) atoms. The Labute approximate surface area is 98.8 Å². The van der Waals surface area contributed by atoms with Gasteiger partial charge in [0.2, 0.25) is 0 Å². The third kappa shape index (κ3) is 4.83. The molecule has 0 bridgehead atoms. The molecule has 0 radical (unpaired) electrons. The molecule has 0 fully saturated rings. The molecule has 0 N–H and O–H groups in total. The zero-order valence-electron chi connectivity index (χ0n) is 12.0. The summed E-state index contributed by atoms with van der Waals surface area (Å²) < 4.78 is 6.50. The molecular formula is C12H30OSi2. The molecule has 0 heterocycles. The molecule has 0 rings (SSSR count). The molecule has 0 aliphatic heterocycles. The minimum Gasteiger partial charge on any atom is -0.417 e. The normalized spacial score (nSPS) is 17.6. The van der Waals surface area contributed by atoms with Gasteiger partial charge in [0.25, 0.3) is 0 Å². The van der Waals surface area contributed by atoms with Crippen LogP contribution in [-0.4, -0.2) is 22.1 Å². The van der Waals surface area contributed by atoms with Gasteiger partial charge in [0.1, 0.15) is 0 Å². The topological polar surface area (TPSA) is 9.23 Å². The Kier molecular flexibility index (Phi) is 5.79. The summed E-state index contributed by atoms with van der Waals surface area (Å²) in [5.41, 5.74) is 1.32. The second kappa shape index (κ2) is 5.64. The molecule has 1 nitrogen and oxygen atoms in total. The first-order valence-corrected chi connectivity index (χ1v) is 12.9. The predicted molar refractivity (Wildman–Crippen MR) is 75.7 cm³/mol. The van der Waals surface area contributed by atoms with E-state index in [9.17, 15) is 0 Å². The van der Waals surface area contributed by atoms with Crippen LogP contribution in [-0.2, 0) is 4.43 Å². The summed E-state index contributed by atoms with van der Waals surface area (Å²) in [6.45, 7) is 18.9. The van der Waals surface area contributed by atoms with Gasteiger partial charge in [-0.15, -0.1) is 0 Å². The van der Waals surface area contributed by atoms with Gasteiger partial charge in [0.15, 0.2) is 8.32 Å². The van der Waals surface area contributed by atoms with E-state index in [1.807, 2.05) is 0 Å². The van der Waals surface area contributed by atoms with Crippen LogP contribution in [0.4, 0.5) is 0 Å². The van der Waals surface area contributed by atoms with E-state index in [1.54, 1.807) is 0 Å². The first-order valence-electron chi connectivity index (χ1n) is 6.33. The number of hydrogen-bond donors (Lipinski definition) is 0. The van der Waals surface area contributed by atoms with Crippen molar-refractivity contribution < 1.29 is 4.43 Å². The van der Waals surface area contributed by atoms with Gasteiger partial charge in [-0.2, -0.15) is 0 Å². The van der Waals surface area contributed by atoms with Crippen LogP contribution in [0, 0.1) is 0 Å². The number of hydrogen-bond acceptors (Lipinski definition) is 1. The van der Waals surface area contributed by atoms with Crippen LogP contribution in [0.15, 0.2) is 0 Å². The SMILES string of the molecule is CCC(O[Si](C)(C)C(C)CC)[Si](C)(C)C. The lowest BCUT2D eigenvalue weighted by Crippen LogP contribution is -2.48. The molecule has 0 aliphatic carbocycles. The van der Waals surface area contributed by atoms with Crippen LogP contribution >= 0.6 is 0 Å². The minimum atomic E-state index is -1.47. The monoisotopic (exact) mass is 246 g/mol. The van der Waals surface area contributed by atoms with Crippen molar-refractivity contribution >= 4 is 16.4 Å². The van der Waals surface area contributed by atoms with Crippen LogP contribution in [0.5, 0.6) is 0 Å². The van der Waals surface area contributed by atoms with Gasteiger partial charge in [0, 0.05) is 5.73 Å².